The molecule has 6 nitrogen and oxygen atoms in total. The van der Waals surface area contributed by atoms with Crippen LogP contribution < -0.4 is 4.74 Å². The zero-order valence-electron chi connectivity index (χ0n) is 11.2. The third-order valence-electron chi connectivity index (χ3n) is 2.83. The molecule has 20 heavy (non-hydrogen) atoms. The minimum absolute atomic E-state index is 0.133. The molecule has 0 saturated carbocycles. The summed E-state index contributed by atoms with van der Waals surface area (Å²) in [6, 6.07) is 7.54. The van der Waals surface area contributed by atoms with Crippen LogP contribution in [0.5, 0.6) is 5.75 Å². The van der Waals surface area contributed by atoms with Crippen molar-refractivity contribution in [3.05, 3.63) is 41.2 Å². The number of ether oxygens (including phenoxy) is 2. The number of halogens is 1. The van der Waals surface area contributed by atoms with Gasteiger partial charge in [0.25, 0.3) is 0 Å². The lowest BCUT2D eigenvalue weighted by atomic mass is 10.2. The number of benzene rings is 1. The van der Waals surface area contributed by atoms with Gasteiger partial charge in [0.05, 0.1) is 32.3 Å². The molecule has 1 aromatic carbocycles. The van der Waals surface area contributed by atoms with E-state index in [2.05, 4.69) is 15.0 Å². The molecule has 0 aliphatic carbocycles. The van der Waals surface area contributed by atoms with Crippen LogP contribution in [0.3, 0.4) is 0 Å². The average Bonchev–Trinajstić information content (AvgIpc) is 2.89. The molecule has 0 spiro atoms. The largest absolute Gasteiger partial charge is 0.497 e. The van der Waals surface area contributed by atoms with Gasteiger partial charge in [-0.2, -0.15) is 0 Å². The average molecular weight is 296 g/mol. The highest BCUT2D eigenvalue weighted by Gasteiger charge is 2.19. The maximum absolute atomic E-state index is 11.5. The van der Waals surface area contributed by atoms with Crippen LogP contribution in [0, 0.1) is 0 Å². The van der Waals surface area contributed by atoms with E-state index in [9.17, 15) is 4.79 Å². The van der Waals surface area contributed by atoms with E-state index in [0.717, 1.165) is 11.3 Å². The number of nitrogens with zero attached hydrogens (tertiary/aromatic N) is 3. The first-order valence-corrected chi connectivity index (χ1v) is 6.42. The topological polar surface area (TPSA) is 66.2 Å². The fourth-order valence-corrected chi connectivity index (χ4v) is 2.02. The van der Waals surface area contributed by atoms with Gasteiger partial charge in [-0.25, -0.2) is 9.48 Å². The molecular weight excluding hydrogens is 282 g/mol. The first-order chi connectivity index (χ1) is 9.69. The minimum atomic E-state index is -0.540. The normalized spacial score (nSPS) is 10.3. The highest BCUT2D eigenvalue weighted by molar-refractivity contribution is 6.17. The predicted octanol–water partition coefficient (Wildman–Crippen LogP) is 1.86. The van der Waals surface area contributed by atoms with Crippen molar-refractivity contribution in [2.75, 3.05) is 14.2 Å². The number of hydrogen-bond donors (Lipinski definition) is 0. The van der Waals surface area contributed by atoms with Gasteiger partial charge in [-0.05, 0) is 17.7 Å². The number of alkyl halides is 1. The zero-order chi connectivity index (χ0) is 14.5. The van der Waals surface area contributed by atoms with Crippen LogP contribution in [0.1, 0.15) is 21.7 Å². The van der Waals surface area contributed by atoms with Crippen LogP contribution in [0.2, 0.25) is 0 Å². The van der Waals surface area contributed by atoms with Gasteiger partial charge in [0.1, 0.15) is 5.75 Å². The lowest BCUT2D eigenvalue weighted by Crippen LogP contribution is -2.09. The molecule has 0 radical (unpaired) electrons. The quantitative estimate of drug-likeness (QED) is 0.622. The van der Waals surface area contributed by atoms with Crippen molar-refractivity contribution in [2.24, 2.45) is 0 Å². The van der Waals surface area contributed by atoms with Gasteiger partial charge in [-0.1, -0.05) is 17.3 Å². The third-order valence-corrected chi connectivity index (χ3v) is 3.09. The molecule has 0 aliphatic heterocycles. The lowest BCUT2D eigenvalue weighted by Gasteiger charge is -2.06. The number of methoxy groups -OCH3 is 2. The Morgan fingerprint density at radius 1 is 1.30 bits per heavy atom. The Bertz CT molecular complexity index is 595. The van der Waals surface area contributed by atoms with E-state index in [-0.39, 0.29) is 11.6 Å². The van der Waals surface area contributed by atoms with Crippen LogP contribution in [0.25, 0.3) is 0 Å². The smallest absolute Gasteiger partial charge is 0.360 e. The van der Waals surface area contributed by atoms with Crippen LogP contribution in [0.15, 0.2) is 24.3 Å². The van der Waals surface area contributed by atoms with E-state index < -0.39 is 5.97 Å². The second-order valence-corrected chi connectivity index (χ2v) is 4.28. The Morgan fingerprint density at radius 3 is 2.55 bits per heavy atom. The molecular formula is C13H14ClN3O3. The first-order valence-electron chi connectivity index (χ1n) is 5.89. The summed E-state index contributed by atoms with van der Waals surface area (Å²) in [5.74, 6) is 0.370. The van der Waals surface area contributed by atoms with Crippen molar-refractivity contribution in [3.8, 4) is 5.75 Å². The summed E-state index contributed by atoms with van der Waals surface area (Å²) < 4.78 is 11.3. The SMILES string of the molecule is COC(=O)c1nnn(Cc2ccc(OC)cc2)c1CCl. The van der Waals surface area contributed by atoms with Crippen LogP contribution in [-0.2, 0) is 17.2 Å². The Morgan fingerprint density at radius 2 is 2.00 bits per heavy atom. The maximum atomic E-state index is 11.5. The number of rotatable bonds is 5. The summed E-state index contributed by atoms with van der Waals surface area (Å²) in [4.78, 5) is 11.5. The molecule has 0 unspecified atom stereocenters. The fraction of sp³-hybridized carbons (Fsp3) is 0.308. The summed E-state index contributed by atoms with van der Waals surface area (Å²) in [5.41, 5.74) is 1.68. The molecule has 0 aliphatic rings. The molecule has 0 bridgehead atoms. The van der Waals surface area contributed by atoms with Gasteiger partial charge >= 0.3 is 5.97 Å². The molecule has 0 atom stereocenters. The maximum Gasteiger partial charge on any atom is 0.360 e. The summed E-state index contributed by atoms with van der Waals surface area (Å²) in [6.07, 6.45) is 0. The molecule has 0 amide bonds. The second kappa shape index (κ2) is 6.38. The van der Waals surface area contributed by atoms with Gasteiger partial charge in [-0.15, -0.1) is 16.7 Å². The molecule has 2 rings (SSSR count). The van der Waals surface area contributed by atoms with E-state index in [0.29, 0.717) is 12.2 Å². The number of carbonyl (C=O) groups excluding carboxylic acids is 1. The lowest BCUT2D eigenvalue weighted by molar-refractivity contribution is 0.0593. The minimum Gasteiger partial charge on any atom is -0.497 e. The highest BCUT2D eigenvalue weighted by atomic mass is 35.5. The zero-order valence-corrected chi connectivity index (χ0v) is 11.9. The Balaban J connectivity index is 2.24. The van der Waals surface area contributed by atoms with Gasteiger partial charge in [0.2, 0.25) is 0 Å². The number of hydrogen-bond acceptors (Lipinski definition) is 5. The number of carbonyl (C=O) groups is 1. The molecule has 0 fully saturated rings. The summed E-state index contributed by atoms with van der Waals surface area (Å²) >= 11 is 5.86. The number of aromatic nitrogens is 3. The Kier molecular flexibility index (Phi) is 4.57. The second-order valence-electron chi connectivity index (χ2n) is 4.02. The summed E-state index contributed by atoms with van der Waals surface area (Å²) in [5, 5.41) is 7.76. The number of esters is 1. The Labute approximate surface area is 121 Å². The molecule has 0 N–H and O–H groups in total. The van der Waals surface area contributed by atoms with Crippen LogP contribution in [0.4, 0.5) is 0 Å². The molecule has 7 heteroatoms. The van der Waals surface area contributed by atoms with E-state index in [1.807, 2.05) is 24.3 Å². The van der Waals surface area contributed by atoms with Crippen LogP contribution >= 0.6 is 11.6 Å². The van der Waals surface area contributed by atoms with E-state index >= 15 is 0 Å². The fourth-order valence-electron chi connectivity index (χ4n) is 1.75. The van der Waals surface area contributed by atoms with Gasteiger partial charge < -0.3 is 9.47 Å². The third kappa shape index (κ3) is 2.91. The van der Waals surface area contributed by atoms with Crippen molar-refractivity contribution in [1.82, 2.24) is 15.0 Å². The van der Waals surface area contributed by atoms with Crippen molar-refractivity contribution >= 4 is 17.6 Å². The molecule has 1 heterocycles. The van der Waals surface area contributed by atoms with Crippen molar-refractivity contribution < 1.29 is 14.3 Å². The molecule has 0 saturated heterocycles. The summed E-state index contributed by atoms with van der Waals surface area (Å²) in [7, 11) is 2.91. The van der Waals surface area contributed by atoms with Crippen molar-refractivity contribution in [1.29, 1.82) is 0 Å². The van der Waals surface area contributed by atoms with Gasteiger partial charge in [-0.3, -0.25) is 0 Å². The summed E-state index contributed by atoms with van der Waals surface area (Å²) in [6.45, 7) is 0.468. The van der Waals surface area contributed by atoms with Crippen LogP contribution in [-0.4, -0.2) is 35.2 Å². The van der Waals surface area contributed by atoms with Gasteiger partial charge in [0, 0.05) is 0 Å². The van der Waals surface area contributed by atoms with Gasteiger partial charge in [0.15, 0.2) is 5.69 Å². The standard InChI is InChI=1S/C13H14ClN3O3/c1-19-10-5-3-9(4-6-10)8-17-11(7-14)12(15-16-17)13(18)20-2/h3-6H,7-8H2,1-2H3. The molecule has 2 aromatic rings. The Hall–Kier alpha value is -2.08. The molecule has 1 aromatic heterocycles. The molecule has 106 valence electrons. The predicted molar refractivity (Wildman–Crippen MR) is 73.0 cm³/mol. The highest BCUT2D eigenvalue weighted by Crippen LogP contribution is 2.15. The van der Waals surface area contributed by atoms with E-state index in [1.54, 1.807) is 11.8 Å². The first kappa shape index (κ1) is 14.3. The van der Waals surface area contributed by atoms with E-state index in [1.165, 1.54) is 7.11 Å². The van der Waals surface area contributed by atoms with E-state index in [4.69, 9.17) is 16.3 Å². The monoisotopic (exact) mass is 295 g/mol. The van der Waals surface area contributed by atoms with Crippen molar-refractivity contribution in [2.45, 2.75) is 12.4 Å². The van der Waals surface area contributed by atoms with Crippen molar-refractivity contribution in [3.63, 3.8) is 0 Å².